The van der Waals surface area contributed by atoms with E-state index >= 15 is 0 Å². The molecule has 0 aromatic carbocycles. The predicted molar refractivity (Wildman–Crippen MR) is 65.3 cm³/mol. The molecule has 0 atom stereocenters. The Hall–Kier alpha value is -1.36. The summed E-state index contributed by atoms with van der Waals surface area (Å²) < 4.78 is 0. The highest BCUT2D eigenvalue weighted by molar-refractivity contribution is 7.13. The fourth-order valence-corrected chi connectivity index (χ4v) is 2.31. The van der Waals surface area contributed by atoms with E-state index in [0.29, 0.717) is 5.13 Å². The molecule has 0 saturated carbocycles. The van der Waals surface area contributed by atoms with Gasteiger partial charge in [-0.15, -0.1) is 11.3 Å². The monoisotopic (exact) mass is 237 g/mol. The second kappa shape index (κ2) is 5.12. The van der Waals surface area contributed by atoms with E-state index in [4.69, 9.17) is 0 Å². The number of anilines is 1. The number of rotatable bonds is 3. The Labute approximate surface area is 99.0 Å². The van der Waals surface area contributed by atoms with E-state index in [1.807, 2.05) is 12.3 Å². The maximum absolute atomic E-state index is 11.6. The van der Waals surface area contributed by atoms with Crippen molar-refractivity contribution in [1.29, 1.82) is 0 Å². The molecule has 2 heterocycles. The van der Waals surface area contributed by atoms with Gasteiger partial charge in [0, 0.05) is 36.4 Å². The zero-order valence-electron chi connectivity index (χ0n) is 9.27. The van der Waals surface area contributed by atoms with Crippen LogP contribution in [0.25, 0.3) is 0 Å². The van der Waals surface area contributed by atoms with Crippen LogP contribution in [-0.2, 0) is 4.79 Å². The van der Waals surface area contributed by atoms with Gasteiger partial charge in [0.05, 0.1) is 0 Å². The van der Waals surface area contributed by atoms with Crippen LogP contribution in [0.3, 0.4) is 0 Å². The second-order valence-electron chi connectivity index (χ2n) is 3.81. The smallest absolute Gasteiger partial charge is 0.251 e. The van der Waals surface area contributed by atoms with Crippen LogP contribution in [0, 0.1) is 0 Å². The molecule has 1 saturated heterocycles. The minimum absolute atomic E-state index is 0.0978. The Kier molecular flexibility index (Phi) is 3.56. The van der Waals surface area contributed by atoms with Crippen molar-refractivity contribution in [1.82, 2.24) is 9.88 Å². The first-order valence-electron chi connectivity index (χ1n) is 5.39. The number of carbonyl (C=O) groups excluding carboxylic acids is 1. The van der Waals surface area contributed by atoms with Gasteiger partial charge in [-0.3, -0.25) is 10.1 Å². The Morgan fingerprint density at radius 3 is 2.94 bits per heavy atom. The van der Waals surface area contributed by atoms with Gasteiger partial charge in [0.15, 0.2) is 5.13 Å². The summed E-state index contributed by atoms with van der Waals surface area (Å²) in [5.41, 5.74) is 1.03. The summed E-state index contributed by atoms with van der Waals surface area (Å²) in [7, 11) is 0. The van der Waals surface area contributed by atoms with Gasteiger partial charge in [-0.1, -0.05) is 0 Å². The van der Waals surface area contributed by atoms with Crippen molar-refractivity contribution in [3.8, 4) is 0 Å². The lowest BCUT2D eigenvalue weighted by Gasteiger charge is -2.17. The number of nitrogens with one attached hydrogen (secondary N) is 1. The third kappa shape index (κ3) is 2.82. The van der Waals surface area contributed by atoms with E-state index in [1.54, 1.807) is 12.3 Å². The summed E-state index contributed by atoms with van der Waals surface area (Å²) in [6.07, 6.45) is 5.77. The Morgan fingerprint density at radius 2 is 2.31 bits per heavy atom. The summed E-state index contributed by atoms with van der Waals surface area (Å²) in [4.78, 5) is 17.9. The number of thiazole rings is 1. The number of allylic oxidation sites excluding steroid dienone is 1. The molecular weight excluding hydrogens is 222 g/mol. The number of amides is 1. The van der Waals surface area contributed by atoms with E-state index < -0.39 is 0 Å². The molecule has 1 aromatic rings. The van der Waals surface area contributed by atoms with Gasteiger partial charge in [-0.05, 0) is 19.8 Å². The Morgan fingerprint density at radius 1 is 1.56 bits per heavy atom. The minimum atomic E-state index is -0.0978. The second-order valence-corrected chi connectivity index (χ2v) is 4.70. The molecule has 0 aliphatic carbocycles. The minimum Gasteiger partial charge on any atom is -0.375 e. The molecule has 0 spiro atoms. The van der Waals surface area contributed by atoms with E-state index in [9.17, 15) is 4.79 Å². The highest BCUT2D eigenvalue weighted by Gasteiger charge is 2.12. The Balaban J connectivity index is 1.92. The lowest BCUT2D eigenvalue weighted by atomic mass is 10.3. The third-order valence-electron chi connectivity index (χ3n) is 2.61. The van der Waals surface area contributed by atoms with Crippen molar-refractivity contribution in [3.63, 3.8) is 0 Å². The predicted octanol–water partition coefficient (Wildman–Crippen LogP) is 2.08. The quantitative estimate of drug-likeness (QED) is 0.819. The molecule has 0 radical (unpaired) electrons. The molecule has 1 aliphatic heterocycles. The first-order valence-corrected chi connectivity index (χ1v) is 6.27. The average molecular weight is 237 g/mol. The van der Waals surface area contributed by atoms with E-state index in [1.165, 1.54) is 24.2 Å². The molecule has 1 aliphatic rings. The largest absolute Gasteiger partial charge is 0.375 e. The number of hydrogen-bond donors (Lipinski definition) is 1. The average Bonchev–Trinajstić information content (AvgIpc) is 2.88. The SMILES string of the molecule is C/C(=C/C(=O)Nc1nccs1)N1CCCC1. The van der Waals surface area contributed by atoms with Crippen molar-refractivity contribution in [2.45, 2.75) is 19.8 Å². The molecule has 86 valence electrons. The topological polar surface area (TPSA) is 45.2 Å². The van der Waals surface area contributed by atoms with Gasteiger partial charge in [0.1, 0.15) is 0 Å². The molecule has 1 N–H and O–H groups in total. The molecule has 0 bridgehead atoms. The van der Waals surface area contributed by atoms with Crippen molar-refractivity contribution in [3.05, 3.63) is 23.3 Å². The number of hydrogen-bond acceptors (Lipinski definition) is 4. The number of carbonyl (C=O) groups is 1. The summed E-state index contributed by atoms with van der Waals surface area (Å²) in [6, 6.07) is 0. The third-order valence-corrected chi connectivity index (χ3v) is 3.30. The maximum atomic E-state index is 11.6. The van der Waals surface area contributed by atoms with E-state index in [0.717, 1.165) is 18.8 Å². The van der Waals surface area contributed by atoms with Gasteiger partial charge < -0.3 is 4.90 Å². The standard InChI is InChI=1S/C11H15N3OS/c1-9(14-5-2-3-6-14)8-10(15)13-11-12-4-7-16-11/h4,7-8H,2-3,5-6H2,1H3,(H,12,13,15)/b9-8-. The van der Waals surface area contributed by atoms with Crippen molar-refractivity contribution >= 4 is 22.4 Å². The molecule has 5 heteroatoms. The van der Waals surface area contributed by atoms with Crippen molar-refractivity contribution < 1.29 is 4.79 Å². The van der Waals surface area contributed by atoms with Crippen LogP contribution in [0.1, 0.15) is 19.8 Å². The van der Waals surface area contributed by atoms with Gasteiger partial charge in [0.25, 0.3) is 5.91 Å². The highest BCUT2D eigenvalue weighted by Crippen LogP contribution is 2.15. The molecule has 2 rings (SSSR count). The first-order chi connectivity index (χ1) is 7.75. The van der Waals surface area contributed by atoms with Gasteiger partial charge in [0.2, 0.25) is 0 Å². The summed E-state index contributed by atoms with van der Waals surface area (Å²) in [5, 5.41) is 5.23. The zero-order chi connectivity index (χ0) is 11.4. The van der Waals surface area contributed by atoms with Gasteiger partial charge >= 0.3 is 0 Å². The van der Waals surface area contributed by atoms with Crippen molar-refractivity contribution in [2.75, 3.05) is 18.4 Å². The maximum Gasteiger partial charge on any atom is 0.251 e. The van der Waals surface area contributed by atoms with Crippen LogP contribution < -0.4 is 5.32 Å². The van der Waals surface area contributed by atoms with Gasteiger partial charge in [-0.2, -0.15) is 0 Å². The number of nitrogens with zero attached hydrogens (tertiary/aromatic N) is 2. The zero-order valence-corrected chi connectivity index (χ0v) is 10.1. The van der Waals surface area contributed by atoms with Crippen LogP contribution in [-0.4, -0.2) is 28.9 Å². The van der Waals surface area contributed by atoms with Crippen LogP contribution in [0.15, 0.2) is 23.3 Å². The van der Waals surface area contributed by atoms with Crippen LogP contribution in [0.2, 0.25) is 0 Å². The lowest BCUT2D eigenvalue weighted by molar-refractivity contribution is -0.112. The molecular formula is C11H15N3OS. The summed E-state index contributed by atoms with van der Waals surface area (Å²) in [6.45, 7) is 4.10. The van der Waals surface area contributed by atoms with Crippen LogP contribution in [0.5, 0.6) is 0 Å². The van der Waals surface area contributed by atoms with Crippen LogP contribution >= 0.6 is 11.3 Å². The summed E-state index contributed by atoms with van der Waals surface area (Å²) >= 11 is 1.42. The molecule has 16 heavy (non-hydrogen) atoms. The fraction of sp³-hybridized carbons (Fsp3) is 0.455. The van der Waals surface area contributed by atoms with E-state index in [-0.39, 0.29) is 5.91 Å². The molecule has 4 nitrogen and oxygen atoms in total. The number of aromatic nitrogens is 1. The molecule has 1 aromatic heterocycles. The highest BCUT2D eigenvalue weighted by atomic mass is 32.1. The lowest BCUT2D eigenvalue weighted by Crippen LogP contribution is -2.19. The number of likely N-dealkylation sites (tertiary alicyclic amines) is 1. The Bertz CT molecular complexity index is 380. The van der Waals surface area contributed by atoms with Crippen LogP contribution in [0.4, 0.5) is 5.13 Å². The molecule has 1 amide bonds. The molecule has 1 fully saturated rings. The van der Waals surface area contributed by atoms with Crippen molar-refractivity contribution in [2.24, 2.45) is 0 Å². The first kappa shape index (κ1) is 11.1. The summed E-state index contributed by atoms with van der Waals surface area (Å²) in [5.74, 6) is -0.0978. The molecule has 0 unspecified atom stereocenters. The fourth-order valence-electron chi connectivity index (χ4n) is 1.78. The normalized spacial score (nSPS) is 16.6. The van der Waals surface area contributed by atoms with E-state index in [2.05, 4.69) is 15.2 Å². The van der Waals surface area contributed by atoms with Gasteiger partial charge in [-0.25, -0.2) is 4.98 Å².